The normalized spacial score (nSPS) is 19.6. The zero-order valence-electron chi connectivity index (χ0n) is 15.9. The predicted molar refractivity (Wildman–Crippen MR) is 105 cm³/mol. The van der Waals surface area contributed by atoms with Gasteiger partial charge in [0.25, 0.3) is 0 Å². The van der Waals surface area contributed by atoms with Gasteiger partial charge in [-0.2, -0.15) is 0 Å². The van der Waals surface area contributed by atoms with Crippen LogP contribution in [0.1, 0.15) is 11.7 Å². The second-order valence-electron chi connectivity index (χ2n) is 7.16. The highest BCUT2D eigenvalue weighted by Gasteiger charge is 2.23. The molecule has 3 heterocycles. The zero-order valence-corrected chi connectivity index (χ0v) is 15.9. The van der Waals surface area contributed by atoms with Crippen molar-refractivity contribution in [2.75, 3.05) is 68.8 Å². The summed E-state index contributed by atoms with van der Waals surface area (Å²) >= 11 is 0. The fourth-order valence-corrected chi connectivity index (χ4v) is 3.72. The fraction of sp³-hybridized carbons (Fsp3) is 0.500. The molecule has 2 aliphatic rings. The molecule has 4 rings (SSSR count). The quantitative estimate of drug-likeness (QED) is 0.830. The minimum Gasteiger partial charge on any atom is -0.387 e. The molecule has 1 atom stereocenters. The molecule has 0 bridgehead atoms. The first kappa shape index (κ1) is 19.0. The van der Waals surface area contributed by atoms with Gasteiger partial charge in [-0.25, -0.2) is 14.4 Å². The van der Waals surface area contributed by atoms with E-state index in [0.29, 0.717) is 12.1 Å². The van der Waals surface area contributed by atoms with Gasteiger partial charge in [-0.3, -0.25) is 4.90 Å². The maximum atomic E-state index is 13.9. The zero-order chi connectivity index (χ0) is 19.3. The average Bonchev–Trinajstić information content (AvgIpc) is 2.75. The molecule has 7 nitrogen and oxygen atoms in total. The van der Waals surface area contributed by atoms with Crippen molar-refractivity contribution in [3.63, 3.8) is 0 Å². The Morgan fingerprint density at radius 2 is 1.61 bits per heavy atom. The summed E-state index contributed by atoms with van der Waals surface area (Å²) in [5.41, 5.74) is 0.357. The number of hydrogen-bond acceptors (Lipinski definition) is 7. The maximum Gasteiger partial charge on any atom is 0.134 e. The SMILES string of the molecule is OC(CN1CCN(c2cc(N3CCOCC3)ncn2)CC1)c1ccccc1F. The molecule has 1 unspecified atom stereocenters. The van der Waals surface area contributed by atoms with Crippen LogP contribution in [-0.4, -0.2) is 79.0 Å². The molecule has 1 aromatic carbocycles. The number of morpholine rings is 1. The highest BCUT2D eigenvalue weighted by atomic mass is 19.1. The van der Waals surface area contributed by atoms with Gasteiger partial charge in [0.2, 0.25) is 0 Å². The van der Waals surface area contributed by atoms with Crippen LogP contribution in [-0.2, 0) is 4.74 Å². The van der Waals surface area contributed by atoms with E-state index >= 15 is 0 Å². The van der Waals surface area contributed by atoms with Crippen molar-refractivity contribution in [3.8, 4) is 0 Å². The van der Waals surface area contributed by atoms with Gasteiger partial charge >= 0.3 is 0 Å². The highest BCUT2D eigenvalue weighted by molar-refractivity contribution is 5.50. The van der Waals surface area contributed by atoms with Crippen molar-refractivity contribution in [2.24, 2.45) is 0 Å². The molecule has 0 amide bonds. The Hall–Kier alpha value is -2.29. The summed E-state index contributed by atoms with van der Waals surface area (Å²) in [5.74, 6) is 1.50. The number of hydrogen-bond donors (Lipinski definition) is 1. The lowest BCUT2D eigenvalue weighted by Crippen LogP contribution is -2.48. The molecular formula is C20H26FN5O2. The van der Waals surface area contributed by atoms with Gasteiger partial charge in [0.15, 0.2) is 0 Å². The van der Waals surface area contributed by atoms with E-state index in [9.17, 15) is 9.50 Å². The summed E-state index contributed by atoms with van der Waals surface area (Å²) < 4.78 is 19.3. The van der Waals surface area contributed by atoms with Crippen LogP contribution in [0.3, 0.4) is 0 Å². The van der Waals surface area contributed by atoms with E-state index in [0.717, 1.165) is 64.1 Å². The van der Waals surface area contributed by atoms with Crippen LogP contribution in [0.2, 0.25) is 0 Å². The van der Waals surface area contributed by atoms with Crippen LogP contribution < -0.4 is 9.80 Å². The van der Waals surface area contributed by atoms with Gasteiger partial charge < -0.3 is 19.6 Å². The third-order valence-corrected chi connectivity index (χ3v) is 5.36. The Balaban J connectivity index is 1.33. The second kappa shape index (κ2) is 8.81. The summed E-state index contributed by atoms with van der Waals surface area (Å²) in [7, 11) is 0. The summed E-state index contributed by atoms with van der Waals surface area (Å²) in [5, 5.41) is 10.4. The molecule has 2 aliphatic heterocycles. The van der Waals surface area contributed by atoms with Crippen molar-refractivity contribution >= 4 is 11.6 Å². The monoisotopic (exact) mass is 387 g/mol. The lowest BCUT2D eigenvalue weighted by atomic mass is 10.1. The first-order chi connectivity index (χ1) is 13.7. The lowest BCUT2D eigenvalue weighted by molar-refractivity contribution is 0.106. The van der Waals surface area contributed by atoms with Gasteiger partial charge in [0.1, 0.15) is 23.8 Å². The van der Waals surface area contributed by atoms with E-state index in [1.165, 1.54) is 6.07 Å². The highest BCUT2D eigenvalue weighted by Crippen LogP contribution is 2.22. The van der Waals surface area contributed by atoms with Crippen molar-refractivity contribution in [1.29, 1.82) is 0 Å². The smallest absolute Gasteiger partial charge is 0.134 e. The predicted octanol–water partition coefficient (Wildman–Crippen LogP) is 1.31. The van der Waals surface area contributed by atoms with E-state index in [1.807, 2.05) is 6.07 Å². The molecule has 8 heteroatoms. The van der Waals surface area contributed by atoms with E-state index in [2.05, 4.69) is 24.7 Å². The number of β-amino-alcohol motifs (C(OH)–C–C–N with tert-alkyl or cyclic N) is 1. The molecule has 0 radical (unpaired) electrons. The lowest BCUT2D eigenvalue weighted by Gasteiger charge is -2.36. The number of benzene rings is 1. The Bertz CT molecular complexity index is 779. The molecule has 2 aromatic rings. The summed E-state index contributed by atoms with van der Waals surface area (Å²) in [6, 6.07) is 8.45. The van der Waals surface area contributed by atoms with Gasteiger partial charge in [0, 0.05) is 57.4 Å². The van der Waals surface area contributed by atoms with E-state index in [4.69, 9.17) is 4.74 Å². The number of rotatable bonds is 5. The minimum atomic E-state index is -0.820. The number of ether oxygens (including phenoxy) is 1. The van der Waals surface area contributed by atoms with Crippen molar-refractivity contribution < 1.29 is 14.2 Å². The van der Waals surface area contributed by atoms with Crippen LogP contribution in [0.5, 0.6) is 0 Å². The van der Waals surface area contributed by atoms with E-state index in [-0.39, 0.29) is 5.82 Å². The number of aromatic nitrogens is 2. The number of aliphatic hydroxyl groups is 1. The Morgan fingerprint density at radius 3 is 2.29 bits per heavy atom. The first-order valence-corrected chi connectivity index (χ1v) is 9.75. The van der Waals surface area contributed by atoms with Gasteiger partial charge in [-0.1, -0.05) is 18.2 Å². The second-order valence-corrected chi connectivity index (χ2v) is 7.16. The van der Waals surface area contributed by atoms with Gasteiger partial charge in [-0.05, 0) is 6.07 Å². The molecule has 150 valence electrons. The number of anilines is 2. The molecule has 1 N–H and O–H groups in total. The summed E-state index contributed by atoms with van der Waals surface area (Å²) in [4.78, 5) is 15.5. The standard InChI is InChI=1S/C20H26FN5O2/c21-17-4-2-1-3-16(17)18(27)14-24-5-7-25(8-6-24)19-13-20(23-15-22-19)26-9-11-28-12-10-26/h1-4,13,15,18,27H,5-12,14H2. The molecule has 2 fully saturated rings. The molecular weight excluding hydrogens is 361 g/mol. The number of piperazine rings is 1. The molecule has 0 saturated carbocycles. The Morgan fingerprint density at radius 1 is 0.964 bits per heavy atom. The Kier molecular flexibility index (Phi) is 5.99. The number of nitrogens with zero attached hydrogens (tertiary/aromatic N) is 5. The molecule has 0 spiro atoms. The molecule has 1 aromatic heterocycles. The fourth-order valence-electron chi connectivity index (χ4n) is 3.72. The van der Waals surface area contributed by atoms with E-state index < -0.39 is 6.10 Å². The largest absolute Gasteiger partial charge is 0.387 e. The van der Waals surface area contributed by atoms with Crippen molar-refractivity contribution in [1.82, 2.24) is 14.9 Å². The topological polar surface area (TPSA) is 65.0 Å². The molecule has 0 aliphatic carbocycles. The van der Waals surface area contributed by atoms with Crippen LogP contribution in [0.15, 0.2) is 36.7 Å². The third kappa shape index (κ3) is 4.40. The van der Waals surface area contributed by atoms with Gasteiger partial charge in [0.05, 0.1) is 19.3 Å². The Labute approximate surface area is 164 Å². The van der Waals surface area contributed by atoms with Gasteiger partial charge in [-0.15, -0.1) is 0 Å². The van der Waals surface area contributed by atoms with E-state index in [1.54, 1.807) is 24.5 Å². The number of halogens is 1. The van der Waals surface area contributed by atoms with Crippen molar-refractivity contribution in [3.05, 3.63) is 48.0 Å². The third-order valence-electron chi connectivity index (χ3n) is 5.36. The number of aliphatic hydroxyl groups excluding tert-OH is 1. The average molecular weight is 387 g/mol. The van der Waals surface area contributed by atoms with Crippen LogP contribution >= 0.6 is 0 Å². The maximum absolute atomic E-state index is 13.9. The van der Waals surface area contributed by atoms with Crippen LogP contribution in [0, 0.1) is 5.82 Å². The van der Waals surface area contributed by atoms with Crippen LogP contribution in [0.4, 0.5) is 16.0 Å². The van der Waals surface area contributed by atoms with Crippen molar-refractivity contribution in [2.45, 2.75) is 6.10 Å². The van der Waals surface area contributed by atoms with Crippen LogP contribution in [0.25, 0.3) is 0 Å². The first-order valence-electron chi connectivity index (χ1n) is 9.75. The summed E-state index contributed by atoms with van der Waals surface area (Å²) in [6.45, 7) is 6.77. The molecule has 28 heavy (non-hydrogen) atoms. The summed E-state index contributed by atoms with van der Waals surface area (Å²) in [6.07, 6.45) is 0.800. The molecule has 2 saturated heterocycles. The minimum absolute atomic E-state index is 0.356.